The molecule has 0 aliphatic carbocycles. The molecular weight excluding hydrogens is 282 g/mol. The van der Waals surface area contributed by atoms with Gasteiger partial charge in [0.2, 0.25) is 5.95 Å². The van der Waals surface area contributed by atoms with Gasteiger partial charge in [-0.2, -0.15) is 9.97 Å². The normalized spacial score (nSPS) is 10.2. The molecule has 8 heteroatoms. The third-order valence-corrected chi connectivity index (χ3v) is 2.57. The minimum Gasteiger partial charge on any atom is -0.464 e. The molecule has 0 saturated heterocycles. The lowest BCUT2D eigenvalue weighted by molar-refractivity contribution is 0.303. The summed E-state index contributed by atoms with van der Waals surface area (Å²) >= 11 is 5.89. The molecule has 0 spiro atoms. The molecule has 0 fully saturated rings. The summed E-state index contributed by atoms with van der Waals surface area (Å²) in [7, 11) is 0. The summed E-state index contributed by atoms with van der Waals surface area (Å²) < 4.78 is 10.8. The monoisotopic (exact) mass is 295 g/mol. The molecule has 0 radical (unpaired) electrons. The molecule has 0 bridgehead atoms. The second kappa shape index (κ2) is 6.36. The second-order valence-corrected chi connectivity index (χ2v) is 4.25. The molecule has 106 valence electrons. The molecule has 0 aliphatic heterocycles. The SMILES string of the molecule is CCOc1nc(NN)nc(Oc2ccc(Cl)cc2C)n1. The van der Waals surface area contributed by atoms with Gasteiger partial charge in [0.25, 0.3) is 0 Å². The predicted octanol–water partition coefficient (Wildman–Crippen LogP) is 2.31. The summed E-state index contributed by atoms with van der Waals surface area (Å²) in [6.45, 7) is 4.12. The molecule has 2 rings (SSSR count). The molecular formula is C12H14ClN5O2. The molecule has 20 heavy (non-hydrogen) atoms. The first kappa shape index (κ1) is 14.3. The first-order valence-electron chi connectivity index (χ1n) is 5.92. The van der Waals surface area contributed by atoms with Gasteiger partial charge in [-0.25, -0.2) is 5.84 Å². The van der Waals surface area contributed by atoms with Gasteiger partial charge in [-0.15, -0.1) is 4.98 Å². The first-order valence-corrected chi connectivity index (χ1v) is 6.29. The number of aromatic nitrogens is 3. The maximum Gasteiger partial charge on any atom is 0.330 e. The molecule has 0 amide bonds. The van der Waals surface area contributed by atoms with Crippen LogP contribution in [0.25, 0.3) is 0 Å². The quantitative estimate of drug-likeness (QED) is 0.645. The molecule has 0 aliphatic rings. The Morgan fingerprint density at radius 3 is 2.65 bits per heavy atom. The van der Waals surface area contributed by atoms with Crippen molar-refractivity contribution in [2.24, 2.45) is 5.84 Å². The number of nitrogens with one attached hydrogen (secondary N) is 1. The second-order valence-electron chi connectivity index (χ2n) is 3.81. The van der Waals surface area contributed by atoms with E-state index in [0.717, 1.165) is 5.56 Å². The zero-order chi connectivity index (χ0) is 14.5. The first-order chi connectivity index (χ1) is 9.62. The lowest BCUT2D eigenvalue weighted by Crippen LogP contribution is -2.12. The maximum atomic E-state index is 5.89. The van der Waals surface area contributed by atoms with E-state index in [1.165, 1.54) is 0 Å². The van der Waals surface area contributed by atoms with Gasteiger partial charge >= 0.3 is 12.0 Å². The summed E-state index contributed by atoms with van der Waals surface area (Å²) in [5, 5.41) is 0.629. The fourth-order valence-electron chi connectivity index (χ4n) is 1.47. The third-order valence-electron chi connectivity index (χ3n) is 2.34. The molecule has 1 heterocycles. The van der Waals surface area contributed by atoms with Crippen molar-refractivity contribution < 1.29 is 9.47 Å². The van der Waals surface area contributed by atoms with E-state index in [9.17, 15) is 0 Å². The highest BCUT2D eigenvalue weighted by atomic mass is 35.5. The number of nitrogen functional groups attached to an aromatic ring is 1. The molecule has 7 nitrogen and oxygen atoms in total. The molecule has 0 unspecified atom stereocenters. The van der Waals surface area contributed by atoms with Crippen LogP contribution in [-0.2, 0) is 0 Å². The Morgan fingerprint density at radius 2 is 2.00 bits per heavy atom. The van der Waals surface area contributed by atoms with Crippen molar-refractivity contribution in [2.45, 2.75) is 13.8 Å². The number of nitrogens with zero attached hydrogens (tertiary/aromatic N) is 3. The Labute approximate surface area is 121 Å². The zero-order valence-electron chi connectivity index (χ0n) is 11.1. The maximum absolute atomic E-state index is 5.89. The Hall–Kier alpha value is -2.12. The van der Waals surface area contributed by atoms with Crippen LogP contribution >= 0.6 is 11.6 Å². The minimum atomic E-state index is 0.0850. The van der Waals surface area contributed by atoms with Gasteiger partial charge in [-0.1, -0.05) is 11.6 Å². The lowest BCUT2D eigenvalue weighted by atomic mass is 10.2. The van der Waals surface area contributed by atoms with Crippen LogP contribution in [0, 0.1) is 6.92 Å². The van der Waals surface area contributed by atoms with Crippen molar-refractivity contribution in [2.75, 3.05) is 12.0 Å². The van der Waals surface area contributed by atoms with Crippen LogP contribution in [0.2, 0.25) is 5.02 Å². The summed E-state index contributed by atoms with van der Waals surface area (Å²) in [4.78, 5) is 12.0. The average molecular weight is 296 g/mol. The van der Waals surface area contributed by atoms with Crippen LogP contribution in [0.4, 0.5) is 5.95 Å². The van der Waals surface area contributed by atoms with E-state index in [-0.39, 0.29) is 18.0 Å². The number of halogens is 1. The highest BCUT2D eigenvalue weighted by Gasteiger charge is 2.10. The van der Waals surface area contributed by atoms with Gasteiger partial charge in [0.15, 0.2) is 0 Å². The number of aryl methyl sites for hydroxylation is 1. The zero-order valence-corrected chi connectivity index (χ0v) is 11.8. The Morgan fingerprint density at radius 1 is 1.25 bits per heavy atom. The molecule has 0 atom stereocenters. The predicted molar refractivity (Wildman–Crippen MR) is 75.1 cm³/mol. The van der Waals surface area contributed by atoms with Crippen LogP contribution < -0.4 is 20.7 Å². The number of hydrogen-bond donors (Lipinski definition) is 2. The summed E-state index contributed by atoms with van der Waals surface area (Å²) in [6, 6.07) is 5.45. The lowest BCUT2D eigenvalue weighted by Gasteiger charge is -2.09. The van der Waals surface area contributed by atoms with E-state index < -0.39 is 0 Å². The van der Waals surface area contributed by atoms with Crippen molar-refractivity contribution in [1.82, 2.24) is 15.0 Å². The standard InChI is InChI=1S/C12H14ClN5O2/c1-3-19-11-15-10(18-14)16-12(17-11)20-9-5-4-8(13)6-7(9)2/h4-6H,3,14H2,1-2H3,(H,15,16,17,18). The molecule has 0 saturated carbocycles. The topological polar surface area (TPSA) is 95.2 Å². The Balaban J connectivity index is 2.29. The Kier molecular flexibility index (Phi) is 4.54. The van der Waals surface area contributed by atoms with Gasteiger partial charge in [0.1, 0.15) is 5.75 Å². The van der Waals surface area contributed by atoms with Crippen molar-refractivity contribution in [3.05, 3.63) is 28.8 Å². The highest BCUT2D eigenvalue weighted by molar-refractivity contribution is 6.30. The van der Waals surface area contributed by atoms with E-state index in [2.05, 4.69) is 20.4 Å². The summed E-state index contributed by atoms with van der Waals surface area (Å²) in [5.74, 6) is 6.04. The number of hydrazine groups is 1. The van der Waals surface area contributed by atoms with Crippen LogP contribution in [0.5, 0.6) is 17.8 Å². The van der Waals surface area contributed by atoms with Crippen LogP contribution in [0.1, 0.15) is 12.5 Å². The van der Waals surface area contributed by atoms with Crippen LogP contribution in [0.3, 0.4) is 0 Å². The van der Waals surface area contributed by atoms with Crippen molar-refractivity contribution >= 4 is 17.5 Å². The van der Waals surface area contributed by atoms with Gasteiger partial charge in [-0.3, -0.25) is 5.43 Å². The van der Waals surface area contributed by atoms with Crippen molar-refractivity contribution in [1.29, 1.82) is 0 Å². The van der Waals surface area contributed by atoms with Gasteiger partial charge < -0.3 is 9.47 Å². The van der Waals surface area contributed by atoms with Crippen molar-refractivity contribution in [3.8, 4) is 17.8 Å². The average Bonchev–Trinajstić information content (AvgIpc) is 2.42. The largest absolute Gasteiger partial charge is 0.464 e. The number of nitrogens with two attached hydrogens (primary N) is 1. The number of benzene rings is 1. The molecule has 3 N–H and O–H groups in total. The fourth-order valence-corrected chi connectivity index (χ4v) is 1.69. The van der Waals surface area contributed by atoms with E-state index in [0.29, 0.717) is 17.4 Å². The summed E-state index contributed by atoms with van der Waals surface area (Å²) in [5.41, 5.74) is 3.19. The van der Waals surface area contributed by atoms with Gasteiger partial charge in [-0.05, 0) is 37.6 Å². The number of ether oxygens (including phenoxy) is 2. The minimum absolute atomic E-state index is 0.0850. The van der Waals surface area contributed by atoms with Crippen LogP contribution in [0.15, 0.2) is 18.2 Å². The van der Waals surface area contributed by atoms with E-state index in [4.69, 9.17) is 26.9 Å². The highest BCUT2D eigenvalue weighted by Crippen LogP contribution is 2.26. The number of hydrogen-bond acceptors (Lipinski definition) is 7. The molecule has 1 aromatic heterocycles. The van der Waals surface area contributed by atoms with E-state index >= 15 is 0 Å². The fraction of sp³-hybridized carbons (Fsp3) is 0.250. The Bertz CT molecular complexity index is 608. The van der Waals surface area contributed by atoms with E-state index in [1.807, 2.05) is 13.8 Å². The van der Waals surface area contributed by atoms with E-state index in [1.54, 1.807) is 18.2 Å². The van der Waals surface area contributed by atoms with Crippen LogP contribution in [-0.4, -0.2) is 21.6 Å². The number of anilines is 1. The summed E-state index contributed by atoms with van der Waals surface area (Å²) in [6.07, 6.45) is 0. The van der Waals surface area contributed by atoms with Gasteiger partial charge in [0, 0.05) is 5.02 Å². The smallest absolute Gasteiger partial charge is 0.330 e. The molecule has 2 aromatic rings. The van der Waals surface area contributed by atoms with Gasteiger partial charge in [0.05, 0.1) is 6.61 Å². The number of rotatable bonds is 5. The third kappa shape index (κ3) is 3.46. The van der Waals surface area contributed by atoms with Crippen molar-refractivity contribution in [3.63, 3.8) is 0 Å². The molecule has 1 aromatic carbocycles.